The number of nitrogens with zero attached hydrogens (tertiary/aromatic N) is 2. The molecule has 0 spiro atoms. The first kappa shape index (κ1) is 11.9. The molecular formula is C12H17BrN2O. The monoisotopic (exact) mass is 284 g/mol. The summed E-state index contributed by atoms with van der Waals surface area (Å²) in [5, 5.41) is 9.11. The first-order valence-corrected chi connectivity index (χ1v) is 6.52. The van der Waals surface area contributed by atoms with Crippen LogP contribution < -0.4 is 4.90 Å². The van der Waals surface area contributed by atoms with Gasteiger partial charge >= 0.3 is 0 Å². The highest BCUT2D eigenvalue weighted by molar-refractivity contribution is 9.10. The number of anilines is 1. The maximum Gasteiger partial charge on any atom is 0.129 e. The van der Waals surface area contributed by atoms with Gasteiger partial charge in [-0.2, -0.15) is 0 Å². The molecule has 1 aliphatic rings. The highest BCUT2D eigenvalue weighted by atomic mass is 79.9. The summed E-state index contributed by atoms with van der Waals surface area (Å²) < 4.78 is 1.04. The van der Waals surface area contributed by atoms with Gasteiger partial charge in [-0.3, -0.25) is 0 Å². The highest BCUT2D eigenvalue weighted by Crippen LogP contribution is 2.29. The molecule has 1 aromatic heterocycles. The second-order valence-corrected chi connectivity index (χ2v) is 5.09. The van der Waals surface area contributed by atoms with Crippen molar-refractivity contribution in [3.05, 3.63) is 22.3 Å². The lowest BCUT2D eigenvalue weighted by Gasteiger charge is -2.38. The number of aliphatic hydroxyl groups is 1. The number of halogens is 1. The van der Waals surface area contributed by atoms with Gasteiger partial charge in [0.1, 0.15) is 5.82 Å². The van der Waals surface area contributed by atoms with Crippen molar-refractivity contribution in [2.24, 2.45) is 0 Å². The number of rotatable bonds is 4. The predicted octanol–water partition coefficient (Wildman–Crippen LogP) is 2.50. The van der Waals surface area contributed by atoms with Crippen LogP contribution in [-0.4, -0.2) is 29.3 Å². The Morgan fingerprint density at radius 3 is 2.75 bits per heavy atom. The van der Waals surface area contributed by atoms with Crippen LogP contribution in [0.1, 0.15) is 25.0 Å². The zero-order valence-electron chi connectivity index (χ0n) is 9.49. The number of aryl methyl sites for hydroxylation is 1. The summed E-state index contributed by atoms with van der Waals surface area (Å²) in [6.45, 7) is 2.86. The summed E-state index contributed by atoms with van der Waals surface area (Å²) in [4.78, 5) is 6.79. The maximum absolute atomic E-state index is 9.11. The van der Waals surface area contributed by atoms with E-state index in [0.717, 1.165) is 16.0 Å². The Bertz CT molecular complexity index is 366. The highest BCUT2D eigenvalue weighted by Gasteiger charge is 2.25. The third-order valence-electron chi connectivity index (χ3n) is 3.16. The van der Waals surface area contributed by atoms with Gasteiger partial charge in [0, 0.05) is 17.1 Å². The van der Waals surface area contributed by atoms with Crippen molar-refractivity contribution >= 4 is 21.7 Å². The van der Waals surface area contributed by atoms with E-state index in [4.69, 9.17) is 5.11 Å². The number of pyridine rings is 1. The molecule has 0 bridgehead atoms. The molecule has 4 heteroatoms. The van der Waals surface area contributed by atoms with Gasteiger partial charge in [-0.15, -0.1) is 0 Å². The van der Waals surface area contributed by atoms with E-state index in [1.165, 1.54) is 19.3 Å². The van der Waals surface area contributed by atoms with Crippen molar-refractivity contribution in [3.8, 4) is 0 Å². The minimum Gasteiger partial charge on any atom is -0.395 e. The van der Waals surface area contributed by atoms with Crippen molar-refractivity contribution in [1.82, 2.24) is 4.98 Å². The lowest BCUT2D eigenvalue weighted by Crippen LogP contribution is -2.42. The Hall–Kier alpha value is -0.610. The van der Waals surface area contributed by atoms with Crippen LogP contribution in [0.15, 0.2) is 16.6 Å². The summed E-state index contributed by atoms with van der Waals surface area (Å²) in [7, 11) is 0. The van der Waals surface area contributed by atoms with Gasteiger partial charge in [0.15, 0.2) is 0 Å². The molecule has 0 saturated heterocycles. The van der Waals surface area contributed by atoms with Crippen molar-refractivity contribution < 1.29 is 5.11 Å². The van der Waals surface area contributed by atoms with Crippen molar-refractivity contribution in [2.45, 2.75) is 32.2 Å². The molecule has 0 aromatic carbocycles. The largest absolute Gasteiger partial charge is 0.395 e. The molecule has 1 N–H and O–H groups in total. The summed E-state index contributed by atoms with van der Waals surface area (Å²) in [5.74, 6) is 0.986. The topological polar surface area (TPSA) is 36.4 Å². The van der Waals surface area contributed by atoms with E-state index in [-0.39, 0.29) is 6.61 Å². The number of aromatic nitrogens is 1. The van der Waals surface area contributed by atoms with E-state index < -0.39 is 0 Å². The molecule has 0 radical (unpaired) electrons. The zero-order valence-corrected chi connectivity index (χ0v) is 11.1. The standard InChI is InChI=1S/C12H17BrN2O/c1-9-11(13)5-6-12(14-9)15(7-8-16)10-3-2-4-10/h5-6,10,16H,2-4,7-8H2,1H3. The normalized spacial score (nSPS) is 15.9. The molecule has 1 fully saturated rings. The van der Waals surface area contributed by atoms with Crippen LogP contribution in [-0.2, 0) is 0 Å². The third kappa shape index (κ3) is 2.38. The summed E-state index contributed by atoms with van der Waals surface area (Å²) in [6.07, 6.45) is 3.73. The molecular weight excluding hydrogens is 268 g/mol. The number of hydrogen-bond donors (Lipinski definition) is 1. The van der Waals surface area contributed by atoms with Gasteiger partial charge in [-0.25, -0.2) is 4.98 Å². The molecule has 3 nitrogen and oxygen atoms in total. The summed E-state index contributed by atoms with van der Waals surface area (Å²) >= 11 is 3.46. The van der Waals surface area contributed by atoms with Crippen LogP contribution in [0, 0.1) is 6.92 Å². The SMILES string of the molecule is Cc1nc(N(CCO)C2CCC2)ccc1Br. The van der Waals surface area contributed by atoms with E-state index in [2.05, 4.69) is 25.8 Å². The smallest absolute Gasteiger partial charge is 0.129 e. The quantitative estimate of drug-likeness (QED) is 0.923. The van der Waals surface area contributed by atoms with Gasteiger partial charge in [-0.1, -0.05) is 0 Å². The molecule has 1 saturated carbocycles. The Morgan fingerprint density at radius 2 is 2.25 bits per heavy atom. The zero-order chi connectivity index (χ0) is 11.5. The van der Waals surface area contributed by atoms with Crippen molar-refractivity contribution in [3.63, 3.8) is 0 Å². The molecule has 16 heavy (non-hydrogen) atoms. The number of hydrogen-bond acceptors (Lipinski definition) is 3. The van der Waals surface area contributed by atoms with E-state index >= 15 is 0 Å². The van der Waals surface area contributed by atoms with Crippen LogP contribution in [0.4, 0.5) is 5.82 Å². The fraction of sp³-hybridized carbons (Fsp3) is 0.583. The Morgan fingerprint density at radius 1 is 1.50 bits per heavy atom. The van der Waals surface area contributed by atoms with Gasteiger partial charge in [0.25, 0.3) is 0 Å². The van der Waals surface area contributed by atoms with Gasteiger partial charge in [0.2, 0.25) is 0 Å². The van der Waals surface area contributed by atoms with Crippen LogP contribution in [0.5, 0.6) is 0 Å². The van der Waals surface area contributed by atoms with Crippen LogP contribution >= 0.6 is 15.9 Å². The second kappa shape index (κ2) is 5.15. The Labute approximate surface area is 105 Å². The first-order chi connectivity index (χ1) is 7.72. The predicted molar refractivity (Wildman–Crippen MR) is 68.7 cm³/mol. The molecule has 1 heterocycles. The average Bonchev–Trinajstić information content (AvgIpc) is 2.19. The fourth-order valence-electron chi connectivity index (χ4n) is 1.98. The summed E-state index contributed by atoms with van der Waals surface area (Å²) in [5.41, 5.74) is 1.000. The van der Waals surface area contributed by atoms with Crippen LogP contribution in [0.25, 0.3) is 0 Å². The van der Waals surface area contributed by atoms with Crippen LogP contribution in [0.2, 0.25) is 0 Å². The van der Waals surface area contributed by atoms with Gasteiger partial charge in [-0.05, 0) is 54.2 Å². The van der Waals surface area contributed by atoms with E-state index in [1.54, 1.807) is 0 Å². The molecule has 0 aliphatic heterocycles. The van der Waals surface area contributed by atoms with Crippen molar-refractivity contribution in [2.75, 3.05) is 18.1 Å². The average molecular weight is 285 g/mol. The molecule has 0 unspecified atom stereocenters. The van der Waals surface area contributed by atoms with Crippen LogP contribution in [0.3, 0.4) is 0 Å². The molecule has 1 aliphatic carbocycles. The lowest BCUT2D eigenvalue weighted by atomic mass is 9.91. The fourth-order valence-corrected chi connectivity index (χ4v) is 2.20. The molecule has 88 valence electrons. The first-order valence-electron chi connectivity index (χ1n) is 5.73. The van der Waals surface area contributed by atoms with E-state index in [0.29, 0.717) is 12.6 Å². The minimum atomic E-state index is 0.188. The van der Waals surface area contributed by atoms with E-state index in [9.17, 15) is 0 Å². The van der Waals surface area contributed by atoms with Gasteiger partial charge in [0.05, 0.1) is 12.3 Å². The minimum absolute atomic E-state index is 0.188. The summed E-state index contributed by atoms with van der Waals surface area (Å²) in [6, 6.07) is 4.62. The lowest BCUT2D eigenvalue weighted by molar-refractivity contribution is 0.283. The Kier molecular flexibility index (Phi) is 3.82. The maximum atomic E-state index is 9.11. The second-order valence-electron chi connectivity index (χ2n) is 4.24. The molecule has 2 rings (SSSR count). The van der Waals surface area contributed by atoms with Gasteiger partial charge < -0.3 is 10.0 Å². The van der Waals surface area contributed by atoms with Crippen molar-refractivity contribution in [1.29, 1.82) is 0 Å². The number of aliphatic hydroxyl groups excluding tert-OH is 1. The van der Waals surface area contributed by atoms with E-state index in [1.807, 2.05) is 19.1 Å². The third-order valence-corrected chi connectivity index (χ3v) is 4.00. The molecule has 0 atom stereocenters. The molecule has 1 aromatic rings. The molecule has 0 amide bonds. The Balaban J connectivity index is 2.20.